The van der Waals surface area contributed by atoms with Crippen molar-refractivity contribution < 1.29 is 14.3 Å². The molecule has 0 unspecified atom stereocenters. The van der Waals surface area contributed by atoms with Crippen LogP contribution in [0.4, 0.5) is 5.69 Å². The number of hydrogen-bond donors (Lipinski definition) is 1. The number of esters is 1. The zero-order valence-electron chi connectivity index (χ0n) is 12.1. The van der Waals surface area contributed by atoms with Gasteiger partial charge < -0.3 is 10.1 Å². The summed E-state index contributed by atoms with van der Waals surface area (Å²) in [4.78, 5) is 23.4. The summed E-state index contributed by atoms with van der Waals surface area (Å²) in [6, 6.07) is 10.2. The Labute approximate surface area is 143 Å². The molecule has 23 heavy (non-hydrogen) atoms. The van der Waals surface area contributed by atoms with Crippen molar-refractivity contribution in [1.29, 1.82) is 0 Å². The Hall–Kier alpha value is -2.04. The van der Waals surface area contributed by atoms with Gasteiger partial charge >= 0.3 is 5.97 Å². The summed E-state index contributed by atoms with van der Waals surface area (Å²) in [6.07, 6.45) is 1.18. The molecule has 0 bridgehead atoms. The first-order valence-electron chi connectivity index (χ1n) is 7.08. The number of ether oxygens (including phenoxy) is 1. The number of rotatable bonds is 3. The predicted octanol–water partition coefficient (Wildman–Crippen LogP) is 4.03. The molecule has 0 aliphatic carbocycles. The molecule has 1 aliphatic rings. The molecule has 3 rings (SSSR count). The molecule has 1 amide bonds. The van der Waals surface area contributed by atoms with Crippen LogP contribution in [0.5, 0.6) is 5.75 Å². The average Bonchev–Trinajstić information content (AvgIpc) is 2.51. The number of amides is 1. The predicted molar refractivity (Wildman–Crippen MR) is 89.2 cm³/mol. The van der Waals surface area contributed by atoms with Crippen LogP contribution in [-0.4, -0.2) is 11.9 Å². The maximum absolute atomic E-state index is 12.0. The quantitative estimate of drug-likeness (QED) is 0.672. The van der Waals surface area contributed by atoms with E-state index in [1.807, 2.05) is 0 Å². The van der Waals surface area contributed by atoms with E-state index in [0.717, 1.165) is 16.8 Å². The Morgan fingerprint density at radius 2 is 1.91 bits per heavy atom. The molecule has 1 N–H and O–H groups in total. The van der Waals surface area contributed by atoms with Crippen molar-refractivity contribution in [3.8, 4) is 5.75 Å². The standard InChI is InChI=1S/C17H13Cl2NO3/c18-13-4-1-10(7-14(13)19)8-17(22)23-12-3-5-15-11(9-12)2-6-16(21)20-15/h1,3-5,7,9H,2,6,8H2,(H,20,21). The van der Waals surface area contributed by atoms with Crippen LogP contribution < -0.4 is 10.1 Å². The van der Waals surface area contributed by atoms with Crippen LogP contribution >= 0.6 is 23.2 Å². The van der Waals surface area contributed by atoms with Crippen LogP contribution in [-0.2, 0) is 22.4 Å². The van der Waals surface area contributed by atoms with Gasteiger partial charge in [0, 0.05) is 12.1 Å². The lowest BCUT2D eigenvalue weighted by Gasteiger charge is -2.17. The number of hydrogen-bond acceptors (Lipinski definition) is 3. The van der Waals surface area contributed by atoms with Gasteiger partial charge in [-0.15, -0.1) is 0 Å². The molecule has 6 heteroatoms. The second-order valence-electron chi connectivity index (χ2n) is 5.27. The first kappa shape index (κ1) is 15.8. The van der Waals surface area contributed by atoms with Gasteiger partial charge in [-0.2, -0.15) is 0 Å². The third kappa shape index (κ3) is 3.84. The van der Waals surface area contributed by atoms with Gasteiger partial charge in [0.05, 0.1) is 16.5 Å². The van der Waals surface area contributed by atoms with E-state index in [4.69, 9.17) is 27.9 Å². The third-order valence-electron chi connectivity index (χ3n) is 3.54. The molecular formula is C17H13Cl2NO3. The minimum Gasteiger partial charge on any atom is -0.426 e. The molecule has 1 aliphatic heterocycles. The number of fused-ring (bicyclic) bond motifs is 1. The van der Waals surface area contributed by atoms with E-state index in [-0.39, 0.29) is 18.3 Å². The molecule has 0 saturated carbocycles. The van der Waals surface area contributed by atoms with E-state index in [1.165, 1.54) is 0 Å². The largest absolute Gasteiger partial charge is 0.426 e. The van der Waals surface area contributed by atoms with E-state index in [0.29, 0.717) is 28.6 Å². The highest BCUT2D eigenvalue weighted by atomic mass is 35.5. The maximum atomic E-state index is 12.0. The third-order valence-corrected chi connectivity index (χ3v) is 4.28. The summed E-state index contributed by atoms with van der Waals surface area (Å²) in [7, 11) is 0. The lowest BCUT2D eigenvalue weighted by Crippen LogP contribution is -2.19. The topological polar surface area (TPSA) is 55.4 Å². The lowest BCUT2D eigenvalue weighted by molar-refractivity contribution is -0.133. The first-order valence-corrected chi connectivity index (χ1v) is 7.84. The Morgan fingerprint density at radius 3 is 2.70 bits per heavy atom. The van der Waals surface area contributed by atoms with Gasteiger partial charge in [0.2, 0.25) is 5.91 Å². The number of halogens is 2. The summed E-state index contributed by atoms with van der Waals surface area (Å²) < 4.78 is 5.35. The van der Waals surface area contributed by atoms with E-state index in [9.17, 15) is 9.59 Å². The highest BCUT2D eigenvalue weighted by molar-refractivity contribution is 6.42. The van der Waals surface area contributed by atoms with Gasteiger partial charge in [0.1, 0.15) is 5.75 Å². The van der Waals surface area contributed by atoms with Crippen LogP contribution in [0.15, 0.2) is 36.4 Å². The Kier molecular flexibility index (Phi) is 4.55. The molecule has 0 radical (unpaired) electrons. The molecule has 0 aromatic heterocycles. The number of benzene rings is 2. The summed E-state index contributed by atoms with van der Waals surface area (Å²) in [5.74, 6) is 0.0787. The average molecular weight is 350 g/mol. The Bertz CT molecular complexity index is 789. The maximum Gasteiger partial charge on any atom is 0.315 e. The van der Waals surface area contributed by atoms with Gasteiger partial charge in [-0.1, -0.05) is 29.3 Å². The number of aryl methyl sites for hydroxylation is 1. The lowest BCUT2D eigenvalue weighted by atomic mass is 10.0. The molecule has 118 valence electrons. The SMILES string of the molecule is O=C1CCc2cc(OC(=O)Cc3ccc(Cl)c(Cl)c3)ccc2N1. The fourth-order valence-electron chi connectivity index (χ4n) is 2.41. The Morgan fingerprint density at radius 1 is 1.09 bits per heavy atom. The van der Waals surface area contributed by atoms with Crippen molar-refractivity contribution in [2.75, 3.05) is 5.32 Å². The van der Waals surface area contributed by atoms with Gasteiger partial charge in [0.15, 0.2) is 0 Å². The number of anilines is 1. The van der Waals surface area contributed by atoms with Crippen LogP contribution in [0.25, 0.3) is 0 Å². The van der Waals surface area contributed by atoms with E-state index in [2.05, 4.69) is 5.32 Å². The summed E-state index contributed by atoms with van der Waals surface area (Å²) in [5, 5.41) is 3.63. The molecule has 2 aromatic carbocycles. The van der Waals surface area contributed by atoms with Gasteiger partial charge in [-0.25, -0.2) is 0 Å². The van der Waals surface area contributed by atoms with Crippen molar-refractivity contribution in [2.45, 2.75) is 19.3 Å². The minimum atomic E-state index is -0.386. The minimum absolute atomic E-state index is 0.00172. The van der Waals surface area contributed by atoms with E-state index >= 15 is 0 Å². The zero-order chi connectivity index (χ0) is 16.4. The normalized spacial score (nSPS) is 13.2. The van der Waals surface area contributed by atoms with Crippen LogP contribution in [0, 0.1) is 0 Å². The highest BCUT2D eigenvalue weighted by Crippen LogP contribution is 2.27. The second kappa shape index (κ2) is 6.60. The molecule has 0 fully saturated rings. The summed E-state index contributed by atoms with van der Waals surface area (Å²) >= 11 is 11.8. The molecular weight excluding hydrogens is 337 g/mol. The number of nitrogens with one attached hydrogen (secondary N) is 1. The van der Waals surface area contributed by atoms with Crippen molar-refractivity contribution in [1.82, 2.24) is 0 Å². The molecule has 0 spiro atoms. The summed E-state index contributed by atoms with van der Waals surface area (Å²) in [5.41, 5.74) is 2.46. The van der Waals surface area contributed by atoms with Crippen LogP contribution in [0.2, 0.25) is 10.0 Å². The van der Waals surface area contributed by atoms with E-state index < -0.39 is 0 Å². The van der Waals surface area contributed by atoms with Crippen molar-refractivity contribution in [3.63, 3.8) is 0 Å². The van der Waals surface area contributed by atoms with Crippen molar-refractivity contribution in [2.24, 2.45) is 0 Å². The van der Waals surface area contributed by atoms with Crippen molar-refractivity contribution >= 4 is 40.8 Å². The number of carbonyl (C=O) groups excluding carboxylic acids is 2. The van der Waals surface area contributed by atoms with Gasteiger partial charge in [-0.3, -0.25) is 9.59 Å². The molecule has 0 atom stereocenters. The van der Waals surface area contributed by atoms with Gasteiger partial charge in [-0.05, 0) is 47.9 Å². The number of carbonyl (C=O) groups is 2. The molecule has 1 heterocycles. The summed E-state index contributed by atoms with van der Waals surface area (Å²) in [6.45, 7) is 0. The van der Waals surface area contributed by atoms with Crippen LogP contribution in [0.3, 0.4) is 0 Å². The van der Waals surface area contributed by atoms with Crippen molar-refractivity contribution in [3.05, 3.63) is 57.6 Å². The molecule has 0 saturated heterocycles. The van der Waals surface area contributed by atoms with E-state index in [1.54, 1.807) is 36.4 Å². The second-order valence-corrected chi connectivity index (χ2v) is 6.08. The highest BCUT2D eigenvalue weighted by Gasteiger charge is 2.16. The first-order chi connectivity index (χ1) is 11.0. The zero-order valence-corrected chi connectivity index (χ0v) is 13.6. The molecule has 2 aromatic rings. The Balaban J connectivity index is 1.68. The van der Waals surface area contributed by atoms with Gasteiger partial charge in [0.25, 0.3) is 0 Å². The smallest absolute Gasteiger partial charge is 0.315 e. The van der Waals surface area contributed by atoms with Crippen LogP contribution in [0.1, 0.15) is 17.5 Å². The monoisotopic (exact) mass is 349 g/mol. The fraction of sp³-hybridized carbons (Fsp3) is 0.176. The fourth-order valence-corrected chi connectivity index (χ4v) is 2.73. The molecule has 4 nitrogen and oxygen atoms in total.